The van der Waals surface area contributed by atoms with Crippen LogP contribution in [0.1, 0.15) is 36.5 Å². The minimum absolute atomic E-state index is 0.134. The Morgan fingerprint density at radius 1 is 0.953 bits per heavy atom. The number of likely N-dealkylation sites (tertiary alicyclic amines) is 1. The summed E-state index contributed by atoms with van der Waals surface area (Å²) in [7, 11) is -4.15. The van der Waals surface area contributed by atoms with E-state index in [4.69, 9.17) is 17.3 Å². The van der Waals surface area contributed by atoms with Gasteiger partial charge in [0.15, 0.2) is 6.04 Å². The summed E-state index contributed by atoms with van der Waals surface area (Å²) in [6.45, 7) is 2.84. The van der Waals surface area contributed by atoms with Gasteiger partial charge in [0.2, 0.25) is 21.8 Å². The second-order valence-corrected chi connectivity index (χ2v) is 12.8. The van der Waals surface area contributed by atoms with E-state index in [2.05, 4.69) is 10.0 Å². The summed E-state index contributed by atoms with van der Waals surface area (Å²) in [5, 5.41) is 3.33. The molecule has 0 radical (unpaired) electrons. The molecular formula is C29H37ClN6O6S. The number of nitrogens with two attached hydrogens (primary N) is 1. The van der Waals surface area contributed by atoms with Gasteiger partial charge in [-0.15, -0.1) is 0 Å². The Kier molecular flexibility index (Phi) is 10.8. The second kappa shape index (κ2) is 14.3. The van der Waals surface area contributed by atoms with Gasteiger partial charge >= 0.3 is 0 Å². The predicted molar refractivity (Wildman–Crippen MR) is 161 cm³/mol. The molecule has 2 fully saturated rings. The van der Waals surface area contributed by atoms with Crippen LogP contribution < -0.4 is 15.8 Å². The van der Waals surface area contributed by atoms with Gasteiger partial charge in [0, 0.05) is 57.8 Å². The quantitative estimate of drug-likeness (QED) is 0.323. The first kappa shape index (κ1) is 32.4. The number of carbonyl (C=O) groups excluding carboxylic acids is 4. The highest BCUT2D eigenvalue weighted by atomic mass is 35.5. The summed E-state index contributed by atoms with van der Waals surface area (Å²) < 4.78 is 28.8. The van der Waals surface area contributed by atoms with Crippen LogP contribution in [-0.2, 0) is 48.0 Å². The minimum Gasteiger partial charge on any atom is -0.350 e. The first-order chi connectivity index (χ1) is 20.5. The van der Waals surface area contributed by atoms with E-state index in [1.54, 1.807) is 53.4 Å². The molecule has 2 atom stereocenters. The molecule has 2 aromatic carbocycles. The number of hydrogen-bond donors (Lipinski definition) is 3. The molecule has 4 N–H and O–H groups in total. The fourth-order valence-corrected chi connectivity index (χ4v) is 6.84. The number of carbonyl (C=O) groups is 4. The summed E-state index contributed by atoms with van der Waals surface area (Å²) in [6, 6.07) is 11.0. The zero-order chi connectivity index (χ0) is 31.1. The lowest BCUT2D eigenvalue weighted by Gasteiger charge is -2.36. The van der Waals surface area contributed by atoms with E-state index in [1.807, 2.05) is 0 Å². The van der Waals surface area contributed by atoms with Crippen molar-refractivity contribution in [2.24, 2.45) is 5.73 Å². The lowest BCUT2D eigenvalue weighted by molar-refractivity contribution is -0.148. The fraction of sp³-hybridized carbons (Fsp3) is 0.448. The molecule has 4 amide bonds. The number of benzene rings is 2. The molecule has 4 rings (SSSR count). The van der Waals surface area contributed by atoms with E-state index >= 15 is 0 Å². The van der Waals surface area contributed by atoms with Crippen LogP contribution in [0.15, 0.2) is 48.5 Å². The number of hydrogen-bond acceptors (Lipinski definition) is 7. The van der Waals surface area contributed by atoms with E-state index in [9.17, 15) is 27.6 Å². The highest BCUT2D eigenvalue weighted by molar-refractivity contribution is 7.88. The van der Waals surface area contributed by atoms with Gasteiger partial charge in [-0.05, 0) is 41.7 Å². The molecule has 0 aromatic heterocycles. The van der Waals surface area contributed by atoms with Crippen molar-refractivity contribution >= 4 is 45.3 Å². The Hall–Kier alpha value is -3.52. The average molecular weight is 633 g/mol. The summed E-state index contributed by atoms with van der Waals surface area (Å²) >= 11 is 6.12. The van der Waals surface area contributed by atoms with Crippen molar-refractivity contribution in [1.29, 1.82) is 0 Å². The third-order valence-electron chi connectivity index (χ3n) is 7.71. The van der Waals surface area contributed by atoms with Gasteiger partial charge in [-0.2, -0.15) is 4.72 Å². The number of sulfonamides is 1. The van der Waals surface area contributed by atoms with Gasteiger partial charge in [0.1, 0.15) is 6.04 Å². The molecule has 0 spiro atoms. The molecule has 43 heavy (non-hydrogen) atoms. The van der Waals surface area contributed by atoms with Crippen molar-refractivity contribution in [3.63, 3.8) is 0 Å². The highest BCUT2D eigenvalue weighted by Crippen LogP contribution is 2.21. The number of piperazine rings is 1. The van der Waals surface area contributed by atoms with Crippen LogP contribution in [0.25, 0.3) is 0 Å². The standard InChI is InChI=1S/C29H37ClN6O6S/c1-20(37)34-12-14-35(15-13-34)28(39)26(33-43(41,42)19-21-6-3-2-4-7-21)29(40)36-11-5-8-25(36)27(38)32-18-23-16-24(30)10-9-22(23)17-31/h2-4,6-7,9-10,16,25-26,33H,5,8,11-15,17-19,31H2,1H3,(H,32,38)/t25-,26?/m0/s1. The molecule has 14 heteroatoms. The highest BCUT2D eigenvalue weighted by Gasteiger charge is 2.43. The summed E-state index contributed by atoms with van der Waals surface area (Å²) in [6.07, 6.45) is 0.857. The Bertz CT molecular complexity index is 1450. The van der Waals surface area contributed by atoms with Gasteiger partial charge in [-0.25, -0.2) is 8.42 Å². The predicted octanol–water partition coefficient (Wildman–Crippen LogP) is 0.585. The second-order valence-electron chi connectivity index (χ2n) is 10.7. The average Bonchev–Trinajstić information content (AvgIpc) is 3.49. The fourth-order valence-electron chi connectivity index (χ4n) is 5.37. The van der Waals surface area contributed by atoms with Crippen LogP contribution in [0.2, 0.25) is 5.02 Å². The molecule has 2 heterocycles. The number of rotatable bonds is 10. The SMILES string of the molecule is CC(=O)N1CCN(C(=O)C(NS(=O)(=O)Cc2ccccc2)C(=O)N2CCC[C@H]2C(=O)NCc2cc(Cl)ccc2CN)CC1. The Morgan fingerprint density at radius 3 is 2.28 bits per heavy atom. The lowest BCUT2D eigenvalue weighted by atomic mass is 10.1. The smallest absolute Gasteiger partial charge is 0.251 e. The summed E-state index contributed by atoms with van der Waals surface area (Å²) in [4.78, 5) is 57.0. The molecule has 2 saturated heterocycles. The third-order valence-corrected chi connectivity index (χ3v) is 9.25. The van der Waals surface area contributed by atoms with E-state index in [1.165, 1.54) is 16.7 Å². The van der Waals surface area contributed by atoms with Crippen LogP contribution in [0, 0.1) is 0 Å². The number of nitrogens with one attached hydrogen (secondary N) is 2. The summed E-state index contributed by atoms with van der Waals surface area (Å²) in [5.41, 5.74) is 7.86. The topological polar surface area (TPSA) is 162 Å². The molecule has 232 valence electrons. The Labute approximate surface area is 256 Å². The largest absolute Gasteiger partial charge is 0.350 e. The van der Waals surface area contributed by atoms with Crippen LogP contribution in [0.3, 0.4) is 0 Å². The Balaban J connectivity index is 1.53. The van der Waals surface area contributed by atoms with E-state index in [0.717, 1.165) is 11.1 Å². The van der Waals surface area contributed by atoms with Crippen LogP contribution >= 0.6 is 11.6 Å². The van der Waals surface area contributed by atoms with Gasteiger partial charge in [0.05, 0.1) is 5.75 Å². The van der Waals surface area contributed by atoms with Crippen molar-refractivity contribution in [1.82, 2.24) is 24.7 Å². The van der Waals surface area contributed by atoms with E-state index in [0.29, 0.717) is 23.4 Å². The van der Waals surface area contributed by atoms with Crippen molar-refractivity contribution in [2.75, 3.05) is 32.7 Å². The third kappa shape index (κ3) is 8.31. The van der Waals surface area contributed by atoms with Crippen molar-refractivity contribution in [3.05, 3.63) is 70.2 Å². The van der Waals surface area contributed by atoms with Crippen LogP contribution in [-0.4, -0.2) is 91.6 Å². The van der Waals surface area contributed by atoms with Gasteiger partial charge in [-0.3, -0.25) is 19.2 Å². The van der Waals surface area contributed by atoms with Crippen LogP contribution in [0.5, 0.6) is 0 Å². The van der Waals surface area contributed by atoms with Gasteiger partial charge < -0.3 is 25.8 Å². The number of nitrogens with zero attached hydrogens (tertiary/aromatic N) is 3. The molecule has 0 aliphatic carbocycles. The molecule has 2 aliphatic rings. The van der Waals surface area contributed by atoms with Gasteiger partial charge in [0.25, 0.3) is 11.8 Å². The molecule has 12 nitrogen and oxygen atoms in total. The monoisotopic (exact) mass is 632 g/mol. The molecule has 1 unspecified atom stereocenters. The van der Waals surface area contributed by atoms with Crippen molar-refractivity contribution in [3.8, 4) is 0 Å². The maximum atomic E-state index is 13.9. The van der Waals surface area contributed by atoms with Gasteiger partial charge in [-0.1, -0.05) is 48.0 Å². The lowest BCUT2D eigenvalue weighted by Crippen LogP contribution is -2.61. The first-order valence-electron chi connectivity index (χ1n) is 14.1. The van der Waals surface area contributed by atoms with Crippen LogP contribution in [0.4, 0.5) is 0 Å². The molecule has 0 saturated carbocycles. The normalized spacial score (nSPS) is 17.9. The van der Waals surface area contributed by atoms with E-state index in [-0.39, 0.29) is 51.7 Å². The zero-order valence-corrected chi connectivity index (χ0v) is 25.6. The molecule has 0 bridgehead atoms. The molecule has 2 aromatic rings. The zero-order valence-electron chi connectivity index (χ0n) is 24.0. The first-order valence-corrected chi connectivity index (χ1v) is 16.2. The Morgan fingerprint density at radius 2 is 1.63 bits per heavy atom. The van der Waals surface area contributed by atoms with Crippen molar-refractivity contribution < 1.29 is 27.6 Å². The summed E-state index contributed by atoms with van der Waals surface area (Å²) in [5.74, 6) is -2.51. The van der Waals surface area contributed by atoms with E-state index < -0.39 is 45.6 Å². The molecule has 2 aliphatic heterocycles. The molecular weight excluding hydrogens is 596 g/mol. The van der Waals surface area contributed by atoms with Crippen molar-refractivity contribution in [2.45, 2.75) is 50.7 Å². The maximum absolute atomic E-state index is 13.9. The minimum atomic E-state index is -4.15. The maximum Gasteiger partial charge on any atom is 0.251 e. The number of halogens is 1. The number of amides is 4.